The molecule has 0 fully saturated rings. The van der Waals surface area contributed by atoms with E-state index in [-0.39, 0.29) is 17.9 Å². The van der Waals surface area contributed by atoms with E-state index >= 15 is 0 Å². The fraction of sp³-hybridized carbons (Fsp3) is 0.304. The zero-order valence-electron chi connectivity index (χ0n) is 19.4. The van der Waals surface area contributed by atoms with Crippen LogP contribution in [0.25, 0.3) is 21.9 Å². The zero-order chi connectivity index (χ0) is 23.8. The number of aromatic nitrogens is 8. The van der Waals surface area contributed by atoms with Gasteiger partial charge in [0.25, 0.3) is 5.91 Å². The molecule has 0 saturated carbocycles. The van der Waals surface area contributed by atoms with Crippen LogP contribution in [0.2, 0.25) is 0 Å². The summed E-state index contributed by atoms with van der Waals surface area (Å²) in [4.78, 5) is 23.4. The summed E-state index contributed by atoms with van der Waals surface area (Å²) in [6, 6.07) is 5.68. The first-order chi connectivity index (χ1) is 16.5. The van der Waals surface area contributed by atoms with E-state index < -0.39 is 0 Å². The molecule has 2 N–H and O–H groups in total. The van der Waals surface area contributed by atoms with Gasteiger partial charge in [-0.05, 0) is 37.5 Å². The SMILES string of the molecule is CCC(NC(=O)c1cc(-n2nncc2C(C)C)c2ncc(-c3ccc(C)s3)n2c1)c1nnc[nH]1. The van der Waals surface area contributed by atoms with E-state index in [1.165, 1.54) is 11.2 Å². The molecule has 10 nitrogen and oxygen atoms in total. The lowest BCUT2D eigenvalue weighted by Gasteiger charge is -2.16. The third kappa shape index (κ3) is 3.87. The summed E-state index contributed by atoms with van der Waals surface area (Å²) in [7, 11) is 0. The zero-order valence-corrected chi connectivity index (χ0v) is 20.2. The first kappa shape index (κ1) is 22.0. The highest BCUT2D eigenvalue weighted by Crippen LogP contribution is 2.31. The minimum atomic E-state index is -0.283. The molecule has 0 saturated heterocycles. The quantitative estimate of drug-likeness (QED) is 0.366. The number of hydrogen-bond donors (Lipinski definition) is 2. The van der Waals surface area contributed by atoms with Gasteiger partial charge in [-0.3, -0.25) is 9.20 Å². The molecule has 0 aliphatic rings. The summed E-state index contributed by atoms with van der Waals surface area (Å²) in [6.45, 7) is 8.22. The Morgan fingerprint density at radius 1 is 1.24 bits per heavy atom. The van der Waals surface area contributed by atoms with Crippen molar-refractivity contribution in [3.05, 3.63) is 65.1 Å². The molecule has 174 valence electrons. The maximum atomic E-state index is 13.4. The van der Waals surface area contributed by atoms with Gasteiger partial charge in [0.05, 0.1) is 40.3 Å². The molecule has 0 bridgehead atoms. The Kier molecular flexibility index (Phi) is 5.70. The molecule has 34 heavy (non-hydrogen) atoms. The number of pyridine rings is 1. The van der Waals surface area contributed by atoms with Crippen LogP contribution >= 0.6 is 11.3 Å². The Balaban J connectivity index is 1.65. The van der Waals surface area contributed by atoms with Crippen LogP contribution in [0.4, 0.5) is 0 Å². The second kappa shape index (κ2) is 8.82. The maximum absolute atomic E-state index is 13.4. The number of amides is 1. The number of rotatable bonds is 7. The highest BCUT2D eigenvalue weighted by atomic mass is 32.1. The third-order valence-corrected chi connectivity index (χ3v) is 6.74. The highest BCUT2D eigenvalue weighted by molar-refractivity contribution is 7.15. The fourth-order valence-corrected chi connectivity index (χ4v) is 4.79. The predicted molar refractivity (Wildman–Crippen MR) is 129 cm³/mol. The molecule has 5 rings (SSSR count). The van der Waals surface area contributed by atoms with Crippen molar-refractivity contribution >= 4 is 22.9 Å². The molecule has 0 aliphatic carbocycles. The monoisotopic (exact) mass is 475 g/mol. The minimum Gasteiger partial charge on any atom is -0.342 e. The van der Waals surface area contributed by atoms with Crippen molar-refractivity contribution in [3.8, 4) is 16.3 Å². The largest absolute Gasteiger partial charge is 0.342 e. The van der Waals surface area contributed by atoms with Crippen molar-refractivity contribution in [2.24, 2.45) is 0 Å². The number of carbonyl (C=O) groups is 1. The summed E-state index contributed by atoms with van der Waals surface area (Å²) in [6.07, 6.45) is 7.58. The normalized spacial score (nSPS) is 12.5. The highest BCUT2D eigenvalue weighted by Gasteiger charge is 2.22. The van der Waals surface area contributed by atoms with Gasteiger partial charge in [0.15, 0.2) is 11.5 Å². The number of imidazole rings is 1. The second-order valence-electron chi connectivity index (χ2n) is 8.40. The molecule has 11 heteroatoms. The number of nitrogens with zero attached hydrogens (tertiary/aromatic N) is 7. The molecule has 1 amide bonds. The molecule has 0 radical (unpaired) electrons. The number of nitrogens with one attached hydrogen (secondary N) is 2. The first-order valence-corrected chi connectivity index (χ1v) is 11.9. The van der Waals surface area contributed by atoms with Gasteiger partial charge >= 0.3 is 0 Å². The van der Waals surface area contributed by atoms with E-state index in [1.807, 2.05) is 29.8 Å². The lowest BCUT2D eigenvalue weighted by atomic mass is 10.1. The van der Waals surface area contributed by atoms with Gasteiger partial charge in [-0.1, -0.05) is 26.0 Å². The van der Waals surface area contributed by atoms with Crippen molar-refractivity contribution in [1.82, 2.24) is 44.9 Å². The van der Waals surface area contributed by atoms with Crippen LogP contribution in [0, 0.1) is 6.92 Å². The number of fused-ring (bicyclic) bond motifs is 1. The third-order valence-electron chi connectivity index (χ3n) is 5.72. The molecule has 1 atom stereocenters. The summed E-state index contributed by atoms with van der Waals surface area (Å²) < 4.78 is 3.72. The summed E-state index contributed by atoms with van der Waals surface area (Å²) in [5.74, 6) is 0.588. The standard InChI is InChI=1S/C23H25N9OS/c1-5-16(21-25-12-27-29-21)28-23(33)15-8-17(32-18(13(2)3)10-26-30-32)22-24-9-19(31(22)11-15)20-7-6-14(4)34-20/h6-13,16H,5H2,1-4H3,(H,28,33)(H,25,27,29). The van der Waals surface area contributed by atoms with Crippen molar-refractivity contribution < 1.29 is 4.79 Å². The Labute approximate surface area is 200 Å². The van der Waals surface area contributed by atoms with Gasteiger partial charge in [0, 0.05) is 11.1 Å². The smallest absolute Gasteiger partial charge is 0.253 e. The molecular formula is C23H25N9OS. The lowest BCUT2D eigenvalue weighted by Crippen LogP contribution is -2.29. The van der Waals surface area contributed by atoms with Crippen molar-refractivity contribution in [2.75, 3.05) is 0 Å². The van der Waals surface area contributed by atoms with Gasteiger partial charge in [-0.2, -0.15) is 0 Å². The number of H-pyrrole nitrogens is 1. The fourth-order valence-electron chi connectivity index (χ4n) is 3.92. The van der Waals surface area contributed by atoms with Crippen LogP contribution in [0.5, 0.6) is 0 Å². The summed E-state index contributed by atoms with van der Waals surface area (Å²) in [5.41, 5.74) is 3.73. The van der Waals surface area contributed by atoms with E-state index in [0.29, 0.717) is 29.1 Å². The first-order valence-electron chi connectivity index (χ1n) is 11.1. The van der Waals surface area contributed by atoms with Crippen LogP contribution < -0.4 is 5.32 Å². The van der Waals surface area contributed by atoms with Crippen molar-refractivity contribution in [3.63, 3.8) is 0 Å². The van der Waals surface area contributed by atoms with Gasteiger partial charge in [-0.15, -0.1) is 26.6 Å². The van der Waals surface area contributed by atoms with E-state index in [1.54, 1.807) is 22.2 Å². The van der Waals surface area contributed by atoms with Crippen LogP contribution in [0.3, 0.4) is 0 Å². The van der Waals surface area contributed by atoms with E-state index in [4.69, 9.17) is 4.98 Å². The predicted octanol–water partition coefficient (Wildman–Crippen LogP) is 4.07. The van der Waals surface area contributed by atoms with Gasteiger partial charge in [-0.25, -0.2) is 9.67 Å². The van der Waals surface area contributed by atoms with E-state index in [9.17, 15) is 4.79 Å². The molecule has 0 aliphatic heterocycles. The number of aryl methyl sites for hydroxylation is 1. The summed E-state index contributed by atoms with van der Waals surface area (Å²) >= 11 is 1.68. The number of hydrogen-bond acceptors (Lipinski definition) is 7. The summed E-state index contributed by atoms with van der Waals surface area (Å²) in [5, 5.41) is 19.4. The van der Waals surface area contributed by atoms with Gasteiger partial charge in [0.2, 0.25) is 0 Å². The molecule has 0 spiro atoms. The molecular weight excluding hydrogens is 450 g/mol. The van der Waals surface area contributed by atoms with E-state index in [0.717, 1.165) is 16.3 Å². The Morgan fingerprint density at radius 3 is 2.76 bits per heavy atom. The molecule has 0 aromatic carbocycles. The van der Waals surface area contributed by atoms with Crippen molar-refractivity contribution in [1.29, 1.82) is 0 Å². The topological polar surface area (TPSA) is 119 Å². The average molecular weight is 476 g/mol. The Morgan fingerprint density at radius 2 is 2.09 bits per heavy atom. The molecule has 5 aromatic heterocycles. The van der Waals surface area contributed by atoms with Gasteiger partial charge in [0.1, 0.15) is 12.0 Å². The Bertz CT molecular complexity index is 1440. The minimum absolute atomic E-state index is 0.192. The molecule has 1 unspecified atom stereocenters. The molecule has 5 heterocycles. The Hall–Kier alpha value is -3.86. The van der Waals surface area contributed by atoms with Gasteiger partial charge < -0.3 is 10.3 Å². The molecule has 5 aromatic rings. The van der Waals surface area contributed by atoms with Crippen LogP contribution in [-0.2, 0) is 0 Å². The maximum Gasteiger partial charge on any atom is 0.253 e. The van der Waals surface area contributed by atoms with Crippen LogP contribution in [0.15, 0.2) is 43.1 Å². The lowest BCUT2D eigenvalue weighted by molar-refractivity contribution is 0.0933. The van der Waals surface area contributed by atoms with E-state index in [2.05, 4.69) is 63.7 Å². The second-order valence-corrected chi connectivity index (χ2v) is 9.68. The van der Waals surface area contributed by atoms with Crippen LogP contribution in [-0.4, -0.2) is 45.5 Å². The number of aromatic amines is 1. The van der Waals surface area contributed by atoms with Crippen LogP contribution in [0.1, 0.15) is 65.9 Å². The van der Waals surface area contributed by atoms with Crippen molar-refractivity contribution in [2.45, 2.75) is 46.1 Å². The number of carbonyl (C=O) groups excluding carboxylic acids is 1. The number of thiophene rings is 1. The average Bonchev–Trinajstić information content (AvgIpc) is 3.62.